The minimum Gasteiger partial charge on any atom is -0.497 e. The van der Waals surface area contributed by atoms with Gasteiger partial charge in [0.1, 0.15) is 5.75 Å². The predicted molar refractivity (Wildman–Crippen MR) is 123 cm³/mol. The summed E-state index contributed by atoms with van der Waals surface area (Å²) in [7, 11) is -1.70. The first kappa shape index (κ1) is 21.6. The Morgan fingerprint density at radius 2 is 1.57 bits per heavy atom. The maximum atomic E-state index is 14.6. The van der Waals surface area contributed by atoms with Crippen LogP contribution < -0.4 is 20.4 Å². The number of benzene rings is 3. The second-order valence-corrected chi connectivity index (χ2v) is 9.54. The van der Waals surface area contributed by atoms with Gasteiger partial charge in [-0.25, -0.2) is 5.09 Å². The SMILES string of the molecule is C/C=C(\C#N)[C@](C)(NP(=O)(c1ccccc1)c1ccccc1)c1cccc(OC)c1. The van der Waals surface area contributed by atoms with Crippen LogP contribution in [0.2, 0.25) is 0 Å². The Labute approximate surface area is 178 Å². The lowest BCUT2D eigenvalue weighted by Crippen LogP contribution is -2.43. The molecule has 0 bridgehead atoms. The van der Waals surface area contributed by atoms with E-state index in [4.69, 9.17) is 4.74 Å². The summed E-state index contributed by atoms with van der Waals surface area (Å²) in [5, 5.41) is 14.7. The van der Waals surface area contributed by atoms with Crippen LogP contribution in [0.25, 0.3) is 0 Å². The lowest BCUT2D eigenvalue weighted by Gasteiger charge is -2.36. The molecule has 1 atom stereocenters. The normalized spacial score (nSPS) is 13.9. The van der Waals surface area contributed by atoms with Crippen LogP contribution in [0.5, 0.6) is 5.75 Å². The summed E-state index contributed by atoms with van der Waals surface area (Å²) in [5.41, 5.74) is 0.269. The fourth-order valence-electron chi connectivity index (χ4n) is 3.55. The molecule has 0 fully saturated rings. The Kier molecular flexibility index (Phi) is 6.57. The van der Waals surface area contributed by atoms with Crippen molar-refractivity contribution in [2.75, 3.05) is 7.11 Å². The average molecular weight is 416 g/mol. The maximum Gasteiger partial charge on any atom is 0.205 e. The van der Waals surface area contributed by atoms with Crippen molar-refractivity contribution < 1.29 is 9.30 Å². The van der Waals surface area contributed by atoms with Crippen LogP contribution in [0.15, 0.2) is 96.6 Å². The summed E-state index contributed by atoms with van der Waals surface area (Å²) in [6.45, 7) is 3.70. The molecule has 0 heterocycles. The largest absolute Gasteiger partial charge is 0.497 e. The predicted octanol–water partition coefficient (Wildman–Crippen LogP) is 4.90. The zero-order chi connectivity index (χ0) is 21.6. The van der Waals surface area contributed by atoms with Gasteiger partial charge in [0.25, 0.3) is 0 Å². The molecular formula is C25H25N2O2P. The third-order valence-corrected chi connectivity index (χ3v) is 8.03. The highest BCUT2D eigenvalue weighted by molar-refractivity contribution is 7.77. The molecule has 1 N–H and O–H groups in total. The van der Waals surface area contributed by atoms with Gasteiger partial charge in [-0.05, 0) is 55.8 Å². The minimum atomic E-state index is -3.30. The first-order valence-electron chi connectivity index (χ1n) is 9.70. The lowest BCUT2D eigenvalue weighted by molar-refractivity contribution is 0.412. The summed E-state index contributed by atoms with van der Waals surface area (Å²) in [5.74, 6) is 0.670. The van der Waals surface area contributed by atoms with Crippen LogP contribution in [0.1, 0.15) is 19.4 Å². The van der Waals surface area contributed by atoms with E-state index >= 15 is 0 Å². The highest BCUT2D eigenvalue weighted by Crippen LogP contribution is 2.46. The molecule has 0 aliphatic heterocycles. The molecule has 0 unspecified atom stereocenters. The Balaban J connectivity index is 2.25. The molecular weight excluding hydrogens is 391 g/mol. The molecule has 0 aliphatic carbocycles. The van der Waals surface area contributed by atoms with Gasteiger partial charge in [0.05, 0.1) is 18.7 Å². The van der Waals surface area contributed by atoms with Gasteiger partial charge in [0, 0.05) is 16.2 Å². The molecule has 30 heavy (non-hydrogen) atoms. The quantitative estimate of drug-likeness (QED) is 0.440. The van der Waals surface area contributed by atoms with Gasteiger partial charge in [-0.2, -0.15) is 5.26 Å². The van der Waals surface area contributed by atoms with Crippen LogP contribution in [-0.4, -0.2) is 7.11 Å². The van der Waals surface area contributed by atoms with Gasteiger partial charge in [0.2, 0.25) is 7.29 Å². The van der Waals surface area contributed by atoms with Crippen LogP contribution in [0, 0.1) is 11.3 Å². The second kappa shape index (κ2) is 9.13. The fraction of sp³-hybridized carbons (Fsp3) is 0.160. The van der Waals surface area contributed by atoms with E-state index in [1.54, 1.807) is 13.2 Å². The molecule has 0 spiro atoms. The van der Waals surface area contributed by atoms with E-state index in [2.05, 4.69) is 11.2 Å². The third-order valence-electron chi connectivity index (χ3n) is 5.22. The Morgan fingerprint density at radius 3 is 2.03 bits per heavy atom. The van der Waals surface area contributed by atoms with E-state index in [1.807, 2.05) is 98.8 Å². The number of rotatable bonds is 7. The first-order chi connectivity index (χ1) is 14.5. The number of nitrogens with one attached hydrogen (secondary N) is 1. The van der Waals surface area contributed by atoms with Gasteiger partial charge in [-0.15, -0.1) is 0 Å². The first-order valence-corrected chi connectivity index (χ1v) is 11.4. The van der Waals surface area contributed by atoms with E-state index in [0.29, 0.717) is 21.9 Å². The van der Waals surface area contributed by atoms with Crippen molar-refractivity contribution in [2.24, 2.45) is 0 Å². The molecule has 0 amide bonds. The highest BCUT2D eigenvalue weighted by atomic mass is 31.2. The van der Waals surface area contributed by atoms with Gasteiger partial charge in [0.15, 0.2) is 0 Å². The summed E-state index contributed by atoms with van der Waals surface area (Å²) >= 11 is 0. The maximum absolute atomic E-state index is 14.6. The van der Waals surface area contributed by atoms with Gasteiger partial charge in [-0.1, -0.05) is 54.6 Å². The van der Waals surface area contributed by atoms with Crippen molar-refractivity contribution in [1.29, 1.82) is 5.26 Å². The molecule has 3 rings (SSSR count). The number of hydrogen-bond acceptors (Lipinski definition) is 3. The van der Waals surface area contributed by atoms with E-state index in [0.717, 1.165) is 5.56 Å². The summed E-state index contributed by atoms with van der Waals surface area (Å²) in [4.78, 5) is 0. The molecule has 3 aromatic rings. The Morgan fingerprint density at radius 1 is 1.00 bits per heavy atom. The summed E-state index contributed by atoms with van der Waals surface area (Å²) in [6.07, 6.45) is 1.76. The molecule has 0 aromatic heterocycles. The number of nitrogens with zero attached hydrogens (tertiary/aromatic N) is 1. The van der Waals surface area contributed by atoms with Crippen molar-refractivity contribution in [2.45, 2.75) is 19.4 Å². The third kappa shape index (κ3) is 4.09. The molecule has 4 nitrogen and oxygen atoms in total. The molecule has 152 valence electrons. The van der Waals surface area contributed by atoms with Crippen LogP contribution in [0.3, 0.4) is 0 Å². The zero-order valence-electron chi connectivity index (χ0n) is 17.4. The fourth-order valence-corrected chi connectivity index (χ4v) is 6.17. The number of allylic oxidation sites excluding steroid dienone is 1. The number of hydrogen-bond donors (Lipinski definition) is 1. The Bertz CT molecular complexity index is 1080. The smallest absolute Gasteiger partial charge is 0.205 e. The van der Waals surface area contributed by atoms with Gasteiger partial charge in [-0.3, -0.25) is 4.57 Å². The topological polar surface area (TPSA) is 62.1 Å². The molecule has 0 radical (unpaired) electrons. The highest BCUT2D eigenvalue weighted by Gasteiger charge is 2.40. The average Bonchev–Trinajstić information content (AvgIpc) is 2.81. The van der Waals surface area contributed by atoms with Crippen LogP contribution >= 0.6 is 7.29 Å². The Hall–Kier alpha value is -3.12. The number of methoxy groups -OCH3 is 1. The van der Waals surface area contributed by atoms with Crippen molar-refractivity contribution in [3.8, 4) is 11.8 Å². The number of nitriles is 1. The van der Waals surface area contributed by atoms with Crippen LogP contribution in [-0.2, 0) is 10.1 Å². The van der Waals surface area contributed by atoms with Crippen molar-refractivity contribution in [3.63, 3.8) is 0 Å². The van der Waals surface area contributed by atoms with E-state index in [9.17, 15) is 9.83 Å². The molecule has 0 saturated heterocycles. The molecule has 5 heteroatoms. The van der Waals surface area contributed by atoms with E-state index in [-0.39, 0.29) is 0 Å². The number of ether oxygens (including phenoxy) is 1. The van der Waals surface area contributed by atoms with E-state index in [1.165, 1.54) is 0 Å². The van der Waals surface area contributed by atoms with Gasteiger partial charge >= 0.3 is 0 Å². The van der Waals surface area contributed by atoms with Crippen molar-refractivity contribution in [1.82, 2.24) is 5.09 Å². The molecule has 0 aliphatic rings. The zero-order valence-corrected chi connectivity index (χ0v) is 18.3. The molecule has 0 saturated carbocycles. The van der Waals surface area contributed by atoms with Crippen molar-refractivity contribution >= 4 is 17.9 Å². The minimum absolute atomic E-state index is 0.475. The summed E-state index contributed by atoms with van der Waals surface area (Å²) < 4.78 is 20.0. The van der Waals surface area contributed by atoms with E-state index < -0.39 is 12.8 Å². The lowest BCUT2D eigenvalue weighted by atomic mass is 9.85. The second-order valence-electron chi connectivity index (χ2n) is 7.06. The standard InChI is InChI=1S/C25H25N2O2P/c1-4-20(19-26)25(2,21-12-11-13-22(18-21)29-3)27-30(28,23-14-7-5-8-15-23)24-16-9-6-10-17-24/h4-18H,1-3H3,(H,27,28)/b20-4+/t25-/m0/s1. The van der Waals surface area contributed by atoms with Crippen molar-refractivity contribution in [3.05, 3.63) is 102 Å². The van der Waals surface area contributed by atoms with Crippen LogP contribution in [0.4, 0.5) is 0 Å². The monoisotopic (exact) mass is 416 g/mol. The summed E-state index contributed by atoms with van der Waals surface area (Å²) in [6, 6.07) is 28.5. The van der Waals surface area contributed by atoms with Gasteiger partial charge < -0.3 is 4.74 Å². The molecule has 3 aromatic carbocycles.